The zero-order chi connectivity index (χ0) is 20.5. The molecule has 0 fully saturated rings. The van der Waals surface area contributed by atoms with Crippen molar-refractivity contribution in [3.8, 4) is 23.0 Å². The van der Waals surface area contributed by atoms with Crippen molar-refractivity contribution in [2.24, 2.45) is 0 Å². The first kappa shape index (κ1) is 25.6. The van der Waals surface area contributed by atoms with Gasteiger partial charge in [0.1, 0.15) is 0 Å². The molecule has 0 heterocycles. The van der Waals surface area contributed by atoms with E-state index in [1.165, 1.54) is 48.5 Å². The fraction of sp³-hybridized carbons (Fsp3) is 0. The van der Waals surface area contributed by atoms with Crippen LogP contribution in [0, 0.1) is 0 Å². The van der Waals surface area contributed by atoms with E-state index >= 15 is 0 Å². The molecule has 4 aromatic carbocycles. The van der Waals surface area contributed by atoms with Gasteiger partial charge in [0, 0.05) is 17.1 Å². The molecular weight excluding hydrogens is 407 g/mol. The Morgan fingerprint density at radius 3 is 0.483 bits per heavy atom. The minimum atomic E-state index is 0. The predicted molar refractivity (Wildman–Crippen MR) is 104 cm³/mol. The van der Waals surface area contributed by atoms with E-state index in [1.807, 2.05) is 24.3 Å². The summed E-state index contributed by atoms with van der Waals surface area (Å²) in [4.78, 5) is 0. The molecular formula is C24H20MnO4-4. The molecule has 0 aromatic heterocycles. The zero-order valence-electron chi connectivity index (χ0n) is 15.6. The molecule has 0 saturated carbocycles. The molecule has 0 unspecified atom stereocenters. The molecule has 0 saturated heterocycles. The van der Waals surface area contributed by atoms with Gasteiger partial charge in [-0.1, -0.05) is 121 Å². The van der Waals surface area contributed by atoms with Crippen molar-refractivity contribution >= 4 is 0 Å². The summed E-state index contributed by atoms with van der Waals surface area (Å²) in [5.74, 6) is 0.287. The van der Waals surface area contributed by atoms with Crippen LogP contribution in [0.1, 0.15) is 0 Å². The molecule has 0 aliphatic carbocycles. The summed E-state index contributed by atoms with van der Waals surface area (Å²) in [6.45, 7) is 0. The molecule has 0 atom stereocenters. The molecule has 151 valence electrons. The quantitative estimate of drug-likeness (QED) is 0.403. The molecule has 0 aliphatic heterocycles. The normalized spacial score (nSPS) is 8.28. The SMILES string of the molecule is [Mn].[O-]c1ccccc1.[O-]c1ccccc1.[O-]c1ccccc1.[O-]c1ccccc1. The van der Waals surface area contributed by atoms with Gasteiger partial charge in [0.25, 0.3) is 0 Å². The Labute approximate surface area is 181 Å². The number of hydrogen-bond donors (Lipinski definition) is 0. The second-order valence-corrected chi connectivity index (χ2v) is 5.25. The molecule has 4 rings (SSSR count). The van der Waals surface area contributed by atoms with E-state index in [1.54, 1.807) is 48.5 Å². The summed E-state index contributed by atoms with van der Waals surface area (Å²) in [5.41, 5.74) is 0. The van der Waals surface area contributed by atoms with E-state index in [2.05, 4.69) is 0 Å². The molecule has 0 spiro atoms. The summed E-state index contributed by atoms with van der Waals surface area (Å²) >= 11 is 0. The van der Waals surface area contributed by atoms with E-state index in [0.29, 0.717) is 0 Å². The third-order valence-corrected chi connectivity index (χ3v) is 2.97. The van der Waals surface area contributed by atoms with Crippen molar-refractivity contribution in [1.82, 2.24) is 0 Å². The summed E-state index contributed by atoms with van der Waals surface area (Å²) in [7, 11) is 0. The summed E-state index contributed by atoms with van der Waals surface area (Å²) in [5, 5.41) is 41.1. The minimum Gasteiger partial charge on any atom is -0.872 e. The maximum absolute atomic E-state index is 10.3. The van der Waals surface area contributed by atoms with E-state index in [9.17, 15) is 20.4 Å². The van der Waals surface area contributed by atoms with Crippen LogP contribution < -0.4 is 20.4 Å². The van der Waals surface area contributed by atoms with Gasteiger partial charge < -0.3 is 20.4 Å². The van der Waals surface area contributed by atoms with Crippen molar-refractivity contribution in [3.63, 3.8) is 0 Å². The van der Waals surface area contributed by atoms with Crippen LogP contribution in [0.4, 0.5) is 0 Å². The van der Waals surface area contributed by atoms with Crippen LogP contribution in [0.15, 0.2) is 121 Å². The molecule has 0 N–H and O–H groups in total. The van der Waals surface area contributed by atoms with E-state index in [4.69, 9.17) is 0 Å². The summed E-state index contributed by atoms with van der Waals surface area (Å²) in [6.07, 6.45) is 0. The second kappa shape index (κ2) is 16.7. The van der Waals surface area contributed by atoms with E-state index < -0.39 is 0 Å². The van der Waals surface area contributed by atoms with Gasteiger partial charge in [-0.25, -0.2) is 0 Å². The topological polar surface area (TPSA) is 92.2 Å². The first-order valence-electron chi connectivity index (χ1n) is 8.46. The van der Waals surface area contributed by atoms with Crippen LogP contribution in [-0.4, -0.2) is 0 Å². The van der Waals surface area contributed by atoms with Crippen LogP contribution in [0.5, 0.6) is 23.0 Å². The Morgan fingerprint density at radius 2 is 0.414 bits per heavy atom. The van der Waals surface area contributed by atoms with Gasteiger partial charge in [0.15, 0.2) is 0 Å². The number of benzene rings is 4. The second-order valence-electron chi connectivity index (χ2n) is 5.25. The molecule has 0 amide bonds. The van der Waals surface area contributed by atoms with Crippen LogP contribution in [0.3, 0.4) is 0 Å². The molecule has 0 aliphatic rings. The Hall–Kier alpha value is -3.40. The average Bonchev–Trinajstić information content (AvgIpc) is 2.72. The molecule has 4 nitrogen and oxygen atoms in total. The number of para-hydroxylation sites is 4. The fourth-order valence-corrected chi connectivity index (χ4v) is 1.68. The molecule has 5 heteroatoms. The Balaban J connectivity index is 0.000000356. The molecule has 4 aromatic rings. The van der Waals surface area contributed by atoms with Crippen LogP contribution in [0.2, 0.25) is 0 Å². The standard InChI is InChI=1S/4C6H6O.Mn/c4*7-6-4-2-1-3-5-6;/h4*1-5,7H;/p-4. The van der Waals surface area contributed by atoms with Crippen molar-refractivity contribution in [2.45, 2.75) is 0 Å². The third-order valence-electron chi connectivity index (χ3n) is 2.97. The smallest absolute Gasteiger partial charge is 0 e. The first-order valence-corrected chi connectivity index (χ1v) is 8.46. The molecule has 29 heavy (non-hydrogen) atoms. The van der Waals surface area contributed by atoms with Gasteiger partial charge >= 0.3 is 0 Å². The van der Waals surface area contributed by atoms with Crippen LogP contribution in [0.25, 0.3) is 0 Å². The molecule has 0 bridgehead atoms. The van der Waals surface area contributed by atoms with Crippen molar-refractivity contribution in [1.29, 1.82) is 0 Å². The zero-order valence-corrected chi connectivity index (χ0v) is 16.7. The van der Waals surface area contributed by atoms with Gasteiger partial charge in [0.2, 0.25) is 0 Å². The van der Waals surface area contributed by atoms with E-state index in [0.717, 1.165) is 0 Å². The van der Waals surface area contributed by atoms with Gasteiger partial charge in [0.05, 0.1) is 0 Å². The summed E-state index contributed by atoms with van der Waals surface area (Å²) in [6, 6.07) is 33.3. The first-order chi connectivity index (χ1) is 13.6. The van der Waals surface area contributed by atoms with Crippen LogP contribution >= 0.6 is 0 Å². The number of hydrogen-bond acceptors (Lipinski definition) is 4. The monoisotopic (exact) mass is 427 g/mol. The van der Waals surface area contributed by atoms with Gasteiger partial charge in [-0.3, -0.25) is 0 Å². The summed E-state index contributed by atoms with van der Waals surface area (Å²) < 4.78 is 0. The van der Waals surface area contributed by atoms with Crippen molar-refractivity contribution in [3.05, 3.63) is 121 Å². The minimum absolute atomic E-state index is 0. The van der Waals surface area contributed by atoms with Crippen molar-refractivity contribution in [2.75, 3.05) is 0 Å². The van der Waals surface area contributed by atoms with Gasteiger partial charge in [-0.05, 0) is 0 Å². The van der Waals surface area contributed by atoms with Crippen LogP contribution in [-0.2, 0) is 17.1 Å². The Morgan fingerprint density at radius 1 is 0.276 bits per heavy atom. The Kier molecular flexibility index (Phi) is 14.8. The third kappa shape index (κ3) is 15.4. The predicted octanol–water partition coefficient (Wildman–Crippen LogP) is 3.04. The maximum Gasteiger partial charge on any atom is 0 e. The maximum atomic E-state index is 10.3. The van der Waals surface area contributed by atoms with Crippen molar-refractivity contribution < 1.29 is 37.5 Å². The fourth-order valence-electron chi connectivity index (χ4n) is 1.68. The average molecular weight is 427 g/mol. The largest absolute Gasteiger partial charge is 0.872 e. The Bertz CT molecular complexity index is 693. The van der Waals surface area contributed by atoms with E-state index in [-0.39, 0.29) is 40.1 Å². The van der Waals surface area contributed by atoms with Gasteiger partial charge in [-0.2, -0.15) is 0 Å². The molecule has 1 radical (unpaired) electrons. The van der Waals surface area contributed by atoms with Gasteiger partial charge in [-0.15, -0.1) is 23.0 Å². The number of rotatable bonds is 0.